The van der Waals surface area contributed by atoms with E-state index in [0.717, 1.165) is 18.4 Å². The van der Waals surface area contributed by atoms with E-state index in [-0.39, 0.29) is 0 Å². The molecule has 1 unspecified atom stereocenters. The molecule has 2 heterocycles. The van der Waals surface area contributed by atoms with Gasteiger partial charge in [-0.3, -0.25) is 4.90 Å². The van der Waals surface area contributed by atoms with E-state index in [1.54, 1.807) is 0 Å². The van der Waals surface area contributed by atoms with Gasteiger partial charge in [0.15, 0.2) is 0 Å². The number of likely N-dealkylation sites (tertiary alicyclic amines) is 1. The van der Waals surface area contributed by atoms with Crippen LogP contribution in [-0.2, 0) is 6.54 Å². The first-order chi connectivity index (χ1) is 7.74. The molecule has 1 N–H and O–H groups in total. The Morgan fingerprint density at radius 1 is 1.50 bits per heavy atom. The number of nitrogens with one attached hydrogen (secondary N) is 1. The predicted octanol–water partition coefficient (Wildman–Crippen LogP) is 3.27. The van der Waals surface area contributed by atoms with Gasteiger partial charge in [0, 0.05) is 25.5 Å². The molecule has 2 heteroatoms. The Morgan fingerprint density at radius 3 is 3.06 bits per heavy atom. The summed E-state index contributed by atoms with van der Waals surface area (Å²) in [6.07, 6.45) is 8.34. The van der Waals surface area contributed by atoms with Crippen molar-refractivity contribution in [2.24, 2.45) is 11.8 Å². The minimum atomic E-state index is 0.845. The van der Waals surface area contributed by atoms with Gasteiger partial charge >= 0.3 is 0 Å². The third-order valence-electron chi connectivity index (χ3n) is 3.48. The first-order valence-corrected chi connectivity index (χ1v) is 6.58. The van der Waals surface area contributed by atoms with Crippen molar-refractivity contribution in [1.29, 1.82) is 0 Å². The number of piperidine rings is 1. The fourth-order valence-corrected chi connectivity index (χ4v) is 2.87. The number of aromatic nitrogens is 1. The molecule has 2 rings (SSSR count). The maximum Gasteiger partial charge on any atom is 0.0248 e. The van der Waals surface area contributed by atoms with Crippen LogP contribution in [0.3, 0.4) is 0 Å². The van der Waals surface area contributed by atoms with Gasteiger partial charge in [0.1, 0.15) is 0 Å². The van der Waals surface area contributed by atoms with Gasteiger partial charge in [0.25, 0.3) is 0 Å². The van der Waals surface area contributed by atoms with Crippen LogP contribution in [0.15, 0.2) is 18.5 Å². The molecule has 16 heavy (non-hydrogen) atoms. The maximum absolute atomic E-state index is 3.14. The van der Waals surface area contributed by atoms with Crippen LogP contribution < -0.4 is 0 Å². The van der Waals surface area contributed by atoms with E-state index in [2.05, 4.69) is 36.0 Å². The van der Waals surface area contributed by atoms with Crippen molar-refractivity contribution >= 4 is 0 Å². The molecule has 0 spiro atoms. The van der Waals surface area contributed by atoms with E-state index in [9.17, 15) is 0 Å². The Kier molecular flexibility index (Phi) is 4.05. The summed E-state index contributed by atoms with van der Waals surface area (Å²) in [5.41, 5.74) is 1.42. The predicted molar refractivity (Wildman–Crippen MR) is 68.2 cm³/mol. The highest BCUT2D eigenvalue weighted by molar-refractivity contribution is 5.08. The molecule has 1 saturated heterocycles. The van der Waals surface area contributed by atoms with Crippen molar-refractivity contribution in [2.45, 2.75) is 39.7 Å². The van der Waals surface area contributed by atoms with Gasteiger partial charge in [-0.1, -0.05) is 13.8 Å². The third kappa shape index (κ3) is 3.38. The van der Waals surface area contributed by atoms with Crippen LogP contribution in [0.1, 0.15) is 38.7 Å². The van der Waals surface area contributed by atoms with Gasteiger partial charge in [0.05, 0.1) is 0 Å². The van der Waals surface area contributed by atoms with E-state index >= 15 is 0 Å². The standard InChI is InChI=1S/C14H24N2/c1-12(2)8-13-4-3-7-16(10-13)11-14-5-6-15-9-14/h5-6,9,12-13,15H,3-4,7-8,10-11H2,1-2H3. The number of hydrogen-bond acceptors (Lipinski definition) is 1. The van der Waals surface area contributed by atoms with Crippen LogP contribution in [0.25, 0.3) is 0 Å². The van der Waals surface area contributed by atoms with E-state index in [1.807, 2.05) is 6.20 Å². The van der Waals surface area contributed by atoms with Gasteiger partial charge in [0.2, 0.25) is 0 Å². The van der Waals surface area contributed by atoms with Crippen molar-refractivity contribution in [3.05, 3.63) is 24.0 Å². The second kappa shape index (κ2) is 5.53. The van der Waals surface area contributed by atoms with Crippen LogP contribution in [0.2, 0.25) is 0 Å². The molecular weight excluding hydrogens is 196 g/mol. The molecule has 0 bridgehead atoms. The molecule has 1 aromatic rings. The fourth-order valence-electron chi connectivity index (χ4n) is 2.87. The van der Waals surface area contributed by atoms with Crippen LogP contribution >= 0.6 is 0 Å². The maximum atomic E-state index is 3.14. The Hall–Kier alpha value is -0.760. The highest BCUT2D eigenvalue weighted by atomic mass is 15.1. The molecular formula is C14H24N2. The second-order valence-electron chi connectivity index (χ2n) is 5.59. The fraction of sp³-hybridized carbons (Fsp3) is 0.714. The Bertz CT molecular complexity index is 290. The largest absolute Gasteiger partial charge is 0.367 e. The average molecular weight is 220 g/mol. The molecule has 0 radical (unpaired) electrons. The van der Waals surface area contributed by atoms with Crippen LogP contribution in [-0.4, -0.2) is 23.0 Å². The van der Waals surface area contributed by atoms with Crippen molar-refractivity contribution in [1.82, 2.24) is 9.88 Å². The first-order valence-electron chi connectivity index (χ1n) is 6.58. The molecule has 2 nitrogen and oxygen atoms in total. The zero-order chi connectivity index (χ0) is 11.4. The summed E-state index contributed by atoms with van der Waals surface area (Å²) in [6, 6.07) is 2.19. The molecule has 1 fully saturated rings. The monoisotopic (exact) mass is 220 g/mol. The number of rotatable bonds is 4. The lowest BCUT2D eigenvalue weighted by Gasteiger charge is -2.33. The highest BCUT2D eigenvalue weighted by Crippen LogP contribution is 2.24. The lowest BCUT2D eigenvalue weighted by molar-refractivity contribution is 0.153. The van der Waals surface area contributed by atoms with Gasteiger partial charge in [-0.15, -0.1) is 0 Å². The summed E-state index contributed by atoms with van der Waals surface area (Å²) in [5.74, 6) is 1.77. The molecule has 1 aromatic heterocycles. The molecule has 0 amide bonds. The van der Waals surface area contributed by atoms with Crippen LogP contribution in [0, 0.1) is 11.8 Å². The molecule has 1 atom stereocenters. The molecule has 0 saturated carbocycles. The van der Waals surface area contributed by atoms with E-state index < -0.39 is 0 Å². The van der Waals surface area contributed by atoms with Gasteiger partial charge in [-0.25, -0.2) is 0 Å². The second-order valence-corrected chi connectivity index (χ2v) is 5.59. The van der Waals surface area contributed by atoms with E-state index in [1.165, 1.54) is 37.9 Å². The first kappa shape index (κ1) is 11.7. The third-order valence-corrected chi connectivity index (χ3v) is 3.48. The number of hydrogen-bond donors (Lipinski definition) is 1. The van der Waals surface area contributed by atoms with E-state index in [4.69, 9.17) is 0 Å². The summed E-state index contributed by atoms with van der Waals surface area (Å²) < 4.78 is 0. The van der Waals surface area contributed by atoms with Gasteiger partial charge in [-0.05, 0) is 49.3 Å². The number of nitrogens with zero attached hydrogens (tertiary/aromatic N) is 1. The Morgan fingerprint density at radius 2 is 2.38 bits per heavy atom. The van der Waals surface area contributed by atoms with Crippen LogP contribution in [0.4, 0.5) is 0 Å². The zero-order valence-corrected chi connectivity index (χ0v) is 10.6. The quantitative estimate of drug-likeness (QED) is 0.825. The summed E-state index contributed by atoms with van der Waals surface area (Å²) in [5, 5.41) is 0. The topological polar surface area (TPSA) is 19.0 Å². The summed E-state index contributed by atoms with van der Waals surface area (Å²) in [6.45, 7) is 8.37. The Labute approximate surface area is 99.0 Å². The Balaban J connectivity index is 1.82. The van der Waals surface area contributed by atoms with Crippen LogP contribution in [0.5, 0.6) is 0 Å². The normalized spacial score (nSPS) is 22.8. The molecule has 1 aliphatic heterocycles. The average Bonchev–Trinajstić information content (AvgIpc) is 2.70. The highest BCUT2D eigenvalue weighted by Gasteiger charge is 2.20. The number of H-pyrrole nitrogens is 1. The molecule has 0 aromatic carbocycles. The lowest BCUT2D eigenvalue weighted by atomic mass is 9.89. The zero-order valence-electron chi connectivity index (χ0n) is 10.6. The smallest absolute Gasteiger partial charge is 0.0248 e. The summed E-state index contributed by atoms with van der Waals surface area (Å²) in [7, 11) is 0. The SMILES string of the molecule is CC(C)CC1CCCN(Cc2cc[nH]c2)C1. The van der Waals surface area contributed by atoms with Gasteiger partial charge < -0.3 is 4.98 Å². The van der Waals surface area contributed by atoms with Crippen molar-refractivity contribution in [3.63, 3.8) is 0 Å². The molecule has 0 aliphatic carbocycles. The van der Waals surface area contributed by atoms with Crippen molar-refractivity contribution < 1.29 is 0 Å². The minimum Gasteiger partial charge on any atom is -0.367 e. The molecule has 1 aliphatic rings. The minimum absolute atomic E-state index is 0.845. The van der Waals surface area contributed by atoms with E-state index in [0.29, 0.717) is 0 Å². The lowest BCUT2D eigenvalue weighted by Crippen LogP contribution is -2.35. The summed E-state index contributed by atoms with van der Waals surface area (Å²) >= 11 is 0. The number of aromatic amines is 1. The summed E-state index contributed by atoms with van der Waals surface area (Å²) in [4.78, 5) is 5.75. The molecule has 90 valence electrons. The van der Waals surface area contributed by atoms with Crippen molar-refractivity contribution in [3.8, 4) is 0 Å². The van der Waals surface area contributed by atoms with Crippen molar-refractivity contribution in [2.75, 3.05) is 13.1 Å². The van der Waals surface area contributed by atoms with Gasteiger partial charge in [-0.2, -0.15) is 0 Å².